The van der Waals surface area contributed by atoms with Gasteiger partial charge in [0.2, 0.25) is 0 Å². The maximum atomic E-state index is 12.2. The Kier molecular flexibility index (Phi) is 6.82. The zero-order valence-corrected chi connectivity index (χ0v) is 19.0. The molecule has 0 radical (unpaired) electrons. The molecule has 0 spiro atoms. The number of aromatic nitrogens is 1. The van der Waals surface area contributed by atoms with Crippen LogP contribution in [0.2, 0.25) is 0 Å². The summed E-state index contributed by atoms with van der Waals surface area (Å²) in [6.45, 7) is 6.05. The Morgan fingerprint density at radius 1 is 1.10 bits per heavy atom. The molecular weight excluding hydrogens is 372 g/mol. The van der Waals surface area contributed by atoms with Crippen LogP contribution in [0, 0.1) is 5.92 Å². The number of para-hydroxylation sites is 1. The Hall–Kier alpha value is -1.81. The molecule has 0 saturated carbocycles. The minimum absolute atomic E-state index is 0.121. The summed E-state index contributed by atoms with van der Waals surface area (Å²) >= 11 is 0. The molecule has 2 aliphatic heterocycles. The number of benzene rings is 1. The van der Waals surface area contributed by atoms with Crippen LogP contribution in [0.5, 0.6) is 5.75 Å². The van der Waals surface area contributed by atoms with Crippen LogP contribution in [0.3, 0.4) is 0 Å². The van der Waals surface area contributed by atoms with Crippen molar-refractivity contribution in [3.05, 3.63) is 30.0 Å². The quantitative estimate of drug-likeness (QED) is 0.352. The smallest absolute Gasteiger partial charge is 0.161 e. The molecule has 3 heterocycles. The van der Waals surface area contributed by atoms with Crippen LogP contribution < -0.4 is 4.74 Å². The van der Waals surface area contributed by atoms with E-state index < -0.39 is 0 Å². The first-order valence-corrected chi connectivity index (χ1v) is 12.0. The molecule has 0 N–H and O–H groups in total. The van der Waals surface area contributed by atoms with Crippen LogP contribution in [0.15, 0.2) is 24.4 Å². The van der Waals surface area contributed by atoms with Crippen molar-refractivity contribution in [1.29, 1.82) is 0 Å². The summed E-state index contributed by atoms with van der Waals surface area (Å²) < 4.78 is 7.85. The zero-order valence-electron chi connectivity index (χ0n) is 19.0. The second-order valence-corrected chi connectivity index (χ2v) is 9.46. The van der Waals surface area contributed by atoms with E-state index >= 15 is 0 Å². The van der Waals surface area contributed by atoms with Crippen LogP contribution in [-0.4, -0.2) is 41.0 Å². The van der Waals surface area contributed by atoms with Crippen LogP contribution in [0.4, 0.5) is 0 Å². The van der Waals surface area contributed by atoms with Gasteiger partial charge in [0.05, 0.1) is 12.6 Å². The molecule has 0 unspecified atom stereocenters. The number of nitrogens with zero attached hydrogens (tertiary/aromatic N) is 2. The Bertz CT molecular complexity index is 857. The van der Waals surface area contributed by atoms with E-state index in [4.69, 9.17) is 4.74 Å². The summed E-state index contributed by atoms with van der Waals surface area (Å²) in [6, 6.07) is 7.61. The molecule has 4 nitrogen and oxygen atoms in total. The molecule has 2 bridgehead atoms. The number of aryl methyl sites for hydroxylation is 1. The van der Waals surface area contributed by atoms with Crippen LogP contribution >= 0.6 is 0 Å². The highest BCUT2D eigenvalue weighted by Crippen LogP contribution is 2.40. The van der Waals surface area contributed by atoms with E-state index in [-0.39, 0.29) is 5.78 Å². The molecule has 164 valence electrons. The van der Waals surface area contributed by atoms with Crippen molar-refractivity contribution in [2.45, 2.75) is 90.3 Å². The van der Waals surface area contributed by atoms with Crippen molar-refractivity contribution in [2.24, 2.45) is 5.92 Å². The van der Waals surface area contributed by atoms with Gasteiger partial charge in [-0.25, -0.2) is 0 Å². The van der Waals surface area contributed by atoms with Crippen molar-refractivity contribution in [3.8, 4) is 5.75 Å². The third-order valence-electron chi connectivity index (χ3n) is 7.47. The van der Waals surface area contributed by atoms with Crippen LogP contribution in [0.25, 0.3) is 10.9 Å². The second-order valence-electron chi connectivity index (χ2n) is 9.46. The fourth-order valence-electron chi connectivity index (χ4n) is 6.04. The zero-order chi connectivity index (χ0) is 21.1. The average Bonchev–Trinajstić information content (AvgIpc) is 3.22. The largest absolute Gasteiger partial charge is 0.495 e. The molecule has 2 fully saturated rings. The van der Waals surface area contributed by atoms with Gasteiger partial charge in [0.25, 0.3) is 0 Å². The van der Waals surface area contributed by atoms with Gasteiger partial charge >= 0.3 is 0 Å². The minimum Gasteiger partial charge on any atom is -0.495 e. The van der Waals surface area contributed by atoms with Crippen LogP contribution in [0.1, 0.15) is 82.0 Å². The summed E-state index contributed by atoms with van der Waals surface area (Å²) in [4.78, 5) is 15.0. The van der Waals surface area contributed by atoms with Gasteiger partial charge in [-0.05, 0) is 51.0 Å². The third-order valence-corrected chi connectivity index (χ3v) is 7.47. The van der Waals surface area contributed by atoms with E-state index in [2.05, 4.69) is 16.4 Å². The lowest BCUT2D eigenvalue weighted by atomic mass is 9.86. The normalized spacial score (nSPS) is 23.9. The van der Waals surface area contributed by atoms with Gasteiger partial charge in [0, 0.05) is 42.3 Å². The molecule has 30 heavy (non-hydrogen) atoms. The molecule has 0 amide bonds. The molecule has 1 aromatic heterocycles. The number of hydrogen-bond acceptors (Lipinski definition) is 3. The highest BCUT2D eigenvalue weighted by molar-refractivity contribution is 6.08. The topological polar surface area (TPSA) is 34.5 Å². The molecule has 2 aliphatic rings. The maximum Gasteiger partial charge on any atom is 0.161 e. The summed E-state index contributed by atoms with van der Waals surface area (Å²) in [5.41, 5.74) is 1.86. The number of Topliss-reactive ketones (excluding diaryl/α,β-unsaturated/α-hetero) is 1. The lowest BCUT2D eigenvalue weighted by molar-refractivity contribution is 0.0966. The highest BCUT2D eigenvalue weighted by atomic mass is 16.5. The number of rotatable bonds is 10. The van der Waals surface area contributed by atoms with Crippen LogP contribution in [-0.2, 0) is 6.54 Å². The number of unbranched alkanes of at least 4 members (excludes halogenated alkanes) is 2. The molecule has 2 aromatic rings. The number of carbonyl (C=O) groups excluding carboxylic acids is 1. The molecule has 2 saturated heterocycles. The third kappa shape index (κ3) is 4.30. The fraction of sp³-hybridized carbons (Fsp3) is 0.654. The van der Waals surface area contributed by atoms with Gasteiger partial charge in [-0.15, -0.1) is 0 Å². The molecular formula is C26H38N2O2. The number of fused-ring (bicyclic) bond motifs is 3. The first kappa shape index (κ1) is 21.4. The number of piperidine rings is 1. The SMILES string of the molecule is CCCCC[C@H]1C[C@H]2CC[C@@H](C1)N2CCCn1cc(C(C)=O)c2cccc(OC)c21. The highest BCUT2D eigenvalue weighted by Gasteiger charge is 2.39. The van der Waals surface area contributed by atoms with Crippen molar-refractivity contribution >= 4 is 16.7 Å². The monoisotopic (exact) mass is 410 g/mol. The molecule has 3 atom stereocenters. The van der Waals surface area contributed by atoms with E-state index in [0.717, 1.165) is 53.2 Å². The summed E-state index contributed by atoms with van der Waals surface area (Å²) in [7, 11) is 1.71. The van der Waals surface area contributed by atoms with Gasteiger partial charge in [-0.2, -0.15) is 0 Å². The Balaban J connectivity index is 1.39. The van der Waals surface area contributed by atoms with E-state index in [1.165, 1.54) is 57.9 Å². The Labute approximate surface area is 181 Å². The molecule has 4 heteroatoms. The number of ketones is 1. The summed E-state index contributed by atoms with van der Waals surface area (Å²) in [6.07, 6.45) is 14.3. The first-order valence-electron chi connectivity index (χ1n) is 12.0. The predicted molar refractivity (Wildman–Crippen MR) is 123 cm³/mol. The van der Waals surface area contributed by atoms with E-state index in [1.807, 2.05) is 24.4 Å². The minimum atomic E-state index is 0.121. The Morgan fingerprint density at radius 2 is 1.87 bits per heavy atom. The Morgan fingerprint density at radius 3 is 2.53 bits per heavy atom. The van der Waals surface area contributed by atoms with Crippen molar-refractivity contribution < 1.29 is 9.53 Å². The van der Waals surface area contributed by atoms with Crippen molar-refractivity contribution in [3.63, 3.8) is 0 Å². The molecule has 4 rings (SSSR count). The molecule has 1 aromatic carbocycles. The number of methoxy groups -OCH3 is 1. The number of ether oxygens (including phenoxy) is 1. The maximum absolute atomic E-state index is 12.2. The van der Waals surface area contributed by atoms with E-state index in [1.54, 1.807) is 14.0 Å². The lowest BCUT2D eigenvalue weighted by Gasteiger charge is -2.39. The summed E-state index contributed by atoms with van der Waals surface area (Å²) in [5.74, 6) is 1.93. The van der Waals surface area contributed by atoms with Gasteiger partial charge in [0.15, 0.2) is 5.78 Å². The average molecular weight is 411 g/mol. The summed E-state index contributed by atoms with van der Waals surface area (Å²) in [5, 5.41) is 1.01. The second kappa shape index (κ2) is 9.55. The van der Waals surface area contributed by atoms with Gasteiger partial charge < -0.3 is 9.30 Å². The van der Waals surface area contributed by atoms with Crippen molar-refractivity contribution in [2.75, 3.05) is 13.7 Å². The van der Waals surface area contributed by atoms with E-state index in [9.17, 15) is 4.79 Å². The van der Waals surface area contributed by atoms with E-state index in [0.29, 0.717) is 0 Å². The first-order chi connectivity index (χ1) is 14.6. The lowest BCUT2D eigenvalue weighted by Crippen LogP contribution is -2.43. The van der Waals surface area contributed by atoms with Gasteiger partial charge in [0.1, 0.15) is 5.75 Å². The molecule has 0 aliphatic carbocycles. The van der Waals surface area contributed by atoms with Gasteiger partial charge in [-0.1, -0.05) is 44.7 Å². The predicted octanol–water partition coefficient (Wildman–Crippen LogP) is 6.07. The number of hydrogen-bond donors (Lipinski definition) is 0. The van der Waals surface area contributed by atoms with Gasteiger partial charge in [-0.3, -0.25) is 9.69 Å². The fourth-order valence-corrected chi connectivity index (χ4v) is 6.04. The number of carbonyl (C=O) groups is 1. The standard InChI is InChI=1S/C26H38N2O2/c1-4-5-6-9-20-16-21-12-13-22(17-20)28(21)15-8-14-27-18-24(19(2)29)23-10-7-11-25(30-3)26(23)27/h7,10-11,18,20-22H,4-6,8-9,12-17H2,1-3H3/t20-,21+,22-. The van der Waals surface area contributed by atoms with Crippen molar-refractivity contribution in [1.82, 2.24) is 9.47 Å².